The molecule has 2 aromatic rings. The Morgan fingerprint density at radius 3 is 2.83 bits per heavy atom. The molecule has 24 heavy (non-hydrogen) atoms. The molecule has 6 nitrogen and oxygen atoms in total. The number of carbonyl (C=O) groups is 1. The molecular weight excluding hydrogens is 350 g/mol. The van der Waals surface area contributed by atoms with Crippen molar-refractivity contribution in [3.63, 3.8) is 0 Å². The van der Waals surface area contributed by atoms with E-state index in [9.17, 15) is 13.2 Å². The first kappa shape index (κ1) is 15.8. The van der Waals surface area contributed by atoms with Gasteiger partial charge in [0.15, 0.2) is 9.84 Å². The lowest BCUT2D eigenvalue weighted by Gasteiger charge is -2.20. The molecule has 4 rings (SSSR count). The average Bonchev–Trinajstić information content (AvgIpc) is 3.07. The summed E-state index contributed by atoms with van der Waals surface area (Å²) in [7, 11) is -3.24. The standard InChI is InChI=1S/C16H16ClN3O3S/c17-11-4-3-9-2-1-5-19-15(9)14(11)16(21)20-6-10-12(18)8-24(22,23)13(10)7-20/h1-5,10,12-13H,6-8,18H2/t10-,12+,13-/m0/s1. The van der Waals surface area contributed by atoms with E-state index in [0.29, 0.717) is 22.6 Å². The van der Waals surface area contributed by atoms with Crippen LogP contribution in [-0.2, 0) is 9.84 Å². The number of rotatable bonds is 1. The average molecular weight is 366 g/mol. The van der Waals surface area contributed by atoms with Gasteiger partial charge in [-0.25, -0.2) is 8.42 Å². The molecule has 2 aliphatic rings. The van der Waals surface area contributed by atoms with Crippen molar-refractivity contribution in [2.45, 2.75) is 11.3 Å². The van der Waals surface area contributed by atoms with Crippen LogP contribution in [0.4, 0.5) is 0 Å². The van der Waals surface area contributed by atoms with Gasteiger partial charge in [-0.1, -0.05) is 23.7 Å². The van der Waals surface area contributed by atoms with Crippen molar-refractivity contribution < 1.29 is 13.2 Å². The van der Waals surface area contributed by atoms with Crippen LogP contribution in [0.1, 0.15) is 10.4 Å². The molecule has 2 saturated heterocycles. The molecule has 2 N–H and O–H groups in total. The number of hydrogen-bond donors (Lipinski definition) is 1. The number of halogens is 1. The Morgan fingerprint density at radius 2 is 2.08 bits per heavy atom. The van der Waals surface area contributed by atoms with Crippen molar-refractivity contribution >= 4 is 38.2 Å². The number of nitrogens with zero attached hydrogens (tertiary/aromatic N) is 2. The summed E-state index contributed by atoms with van der Waals surface area (Å²) in [4.78, 5) is 18.8. The van der Waals surface area contributed by atoms with Gasteiger partial charge in [0, 0.05) is 36.6 Å². The topological polar surface area (TPSA) is 93.4 Å². The molecule has 0 unspecified atom stereocenters. The SMILES string of the molecule is N[C@@H]1CS(=O)(=O)[C@H]2CN(C(=O)c3c(Cl)ccc4cccnc34)C[C@@H]12. The quantitative estimate of drug-likeness (QED) is 0.816. The fourth-order valence-electron chi connectivity index (χ4n) is 3.75. The van der Waals surface area contributed by atoms with E-state index >= 15 is 0 Å². The van der Waals surface area contributed by atoms with Crippen LogP contribution in [0.2, 0.25) is 5.02 Å². The third-order valence-corrected chi connectivity index (χ3v) is 7.56. The Hall–Kier alpha value is -1.70. The third-order valence-electron chi connectivity index (χ3n) is 4.97. The minimum atomic E-state index is -3.24. The summed E-state index contributed by atoms with van der Waals surface area (Å²) in [5.74, 6) is -0.497. The molecule has 126 valence electrons. The van der Waals surface area contributed by atoms with Gasteiger partial charge in [0.25, 0.3) is 5.91 Å². The van der Waals surface area contributed by atoms with E-state index in [1.807, 2.05) is 6.07 Å². The number of amides is 1. The summed E-state index contributed by atoms with van der Waals surface area (Å²) < 4.78 is 24.4. The van der Waals surface area contributed by atoms with Crippen LogP contribution in [0.3, 0.4) is 0 Å². The van der Waals surface area contributed by atoms with Crippen molar-refractivity contribution in [3.05, 3.63) is 41.0 Å². The Kier molecular flexibility index (Phi) is 3.56. The summed E-state index contributed by atoms with van der Waals surface area (Å²) in [5, 5.41) is 0.558. The van der Waals surface area contributed by atoms with Crippen LogP contribution < -0.4 is 5.73 Å². The molecule has 2 fully saturated rings. The molecule has 1 aromatic carbocycles. The molecule has 1 amide bonds. The van der Waals surface area contributed by atoms with Crippen molar-refractivity contribution in [1.82, 2.24) is 9.88 Å². The van der Waals surface area contributed by atoms with Gasteiger partial charge in [-0.05, 0) is 12.1 Å². The molecule has 3 heterocycles. The molecule has 3 atom stereocenters. The van der Waals surface area contributed by atoms with Gasteiger partial charge in [0.2, 0.25) is 0 Å². The van der Waals surface area contributed by atoms with E-state index in [4.69, 9.17) is 17.3 Å². The Morgan fingerprint density at radius 1 is 1.29 bits per heavy atom. The number of aromatic nitrogens is 1. The summed E-state index contributed by atoms with van der Waals surface area (Å²) in [6, 6.07) is 6.70. The zero-order chi connectivity index (χ0) is 17.1. The van der Waals surface area contributed by atoms with E-state index in [0.717, 1.165) is 5.39 Å². The highest BCUT2D eigenvalue weighted by atomic mass is 35.5. The van der Waals surface area contributed by atoms with Gasteiger partial charge in [-0.2, -0.15) is 0 Å². The lowest BCUT2D eigenvalue weighted by Crippen LogP contribution is -2.36. The number of carbonyl (C=O) groups excluding carboxylic acids is 1. The smallest absolute Gasteiger partial charge is 0.257 e. The Labute approximate surface area is 144 Å². The van der Waals surface area contributed by atoms with E-state index in [2.05, 4.69) is 4.98 Å². The number of nitrogens with two attached hydrogens (primary N) is 1. The van der Waals surface area contributed by atoms with E-state index < -0.39 is 21.1 Å². The molecule has 1 aromatic heterocycles. The van der Waals surface area contributed by atoms with Crippen molar-refractivity contribution in [3.8, 4) is 0 Å². The van der Waals surface area contributed by atoms with Gasteiger partial charge >= 0.3 is 0 Å². The maximum atomic E-state index is 13.0. The highest BCUT2D eigenvalue weighted by molar-refractivity contribution is 7.92. The third kappa shape index (κ3) is 2.30. The van der Waals surface area contributed by atoms with Crippen LogP contribution >= 0.6 is 11.6 Å². The van der Waals surface area contributed by atoms with Gasteiger partial charge in [0.1, 0.15) is 0 Å². The molecule has 0 bridgehead atoms. The number of pyridine rings is 1. The molecular formula is C16H16ClN3O3S. The first-order valence-corrected chi connectivity index (χ1v) is 9.77. The Bertz CT molecular complexity index is 947. The van der Waals surface area contributed by atoms with Crippen LogP contribution in [0.25, 0.3) is 10.9 Å². The van der Waals surface area contributed by atoms with Crippen molar-refractivity contribution in [2.75, 3.05) is 18.8 Å². The van der Waals surface area contributed by atoms with Crippen LogP contribution in [0, 0.1) is 5.92 Å². The largest absolute Gasteiger partial charge is 0.337 e. The Balaban J connectivity index is 1.73. The van der Waals surface area contributed by atoms with E-state index in [1.165, 1.54) is 0 Å². The molecule has 0 aliphatic carbocycles. The minimum Gasteiger partial charge on any atom is -0.337 e. The van der Waals surface area contributed by atoms with Gasteiger partial charge in [-0.15, -0.1) is 0 Å². The van der Waals surface area contributed by atoms with Crippen LogP contribution in [-0.4, -0.2) is 54.3 Å². The lowest BCUT2D eigenvalue weighted by molar-refractivity contribution is 0.0787. The molecule has 8 heteroatoms. The maximum absolute atomic E-state index is 13.0. The monoisotopic (exact) mass is 365 g/mol. The number of likely N-dealkylation sites (tertiary alicyclic amines) is 1. The first-order valence-electron chi connectivity index (χ1n) is 7.68. The number of sulfone groups is 1. The molecule has 2 aliphatic heterocycles. The predicted molar refractivity (Wildman–Crippen MR) is 91.7 cm³/mol. The predicted octanol–water partition coefficient (Wildman–Crippen LogP) is 1.08. The normalized spacial score (nSPS) is 28.2. The summed E-state index contributed by atoms with van der Waals surface area (Å²) in [6.07, 6.45) is 1.61. The zero-order valence-corrected chi connectivity index (χ0v) is 14.3. The van der Waals surface area contributed by atoms with Crippen molar-refractivity contribution in [1.29, 1.82) is 0 Å². The fourth-order valence-corrected chi connectivity index (χ4v) is 6.25. The summed E-state index contributed by atoms with van der Waals surface area (Å²) >= 11 is 6.25. The maximum Gasteiger partial charge on any atom is 0.257 e. The second-order valence-electron chi connectivity index (χ2n) is 6.40. The first-order chi connectivity index (χ1) is 11.4. The van der Waals surface area contributed by atoms with Crippen molar-refractivity contribution in [2.24, 2.45) is 11.7 Å². The highest BCUT2D eigenvalue weighted by Crippen LogP contribution is 2.35. The van der Waals surface area contributed by atoms with Crippen LogP contribution in [0.5, 0.6) is 0 Å². The van der Waals surface area contributed by atoms with E-state index in [1.54, 1.807) is 29.3 Å². The van der Waals surface area contributed by atoms with Gasteiger partial charge in [-0.3, -0.25) is 9.78 Å². The minimum absolute atomic E-state index is 0.000936. The number of benzene rings is 1. The molecule has 0 spiro atoms. The summed E-state index contributed by atoms with van der Waals surface area (Å²) in [5.41, 5.74) is 6.81. The lowest BCUT2D eigenvalue weighted by atomic mass is 10.0. The van der Waals surface area contributed by atoms with Gasteiger partial charge in [0.05, 0.1) is 27.1 Å². The second-order valence-corrected chi connectivity index (χ2v) is 9.08. The summed E-state index contributed by atoms with van der Waals surface area (Å²) in [6.45, 7) is 0.503. The number of fused-ring (bicyclic) bond motifs is 2. The van der Waals surface area contributed by atoms with E-state index in [-0.39, 0.29) is 24.1 Å². The molecule has 0 saturated carbocycles. The fraction of sp³-hybridized carbons (Fsp3) is 0.375. The number of hydrogen-bond acceptors (Lipinski definition) is 5. The molecule has 0 radical (unpaired) electrons. The van der Waals surface area contributed by atoms with Gasteiger partial charge < -0.3 is 10.6 Å². The zero-order valence-electron chi connectivity index (χ0n) is 12.7. The highest BCUT2D eigenvalue weighted by Gasteiger charge is 2.52. The second kappa shape index (κ2) is 5.40. The van der Waals surface area contributed by atoms with Crippen LogP contribution in [0.15, 0.2) is 30.5 Å².